The summed E-state index contributed by atoms with van der Waals surface area (Å²) in [5.74, 6) is 0.246. The summed E-state index contributed by atoms with van der Waals surface area (Å²) in [7, 11) is 0. The van der Waals surface area contributed by atoms with Crippen LogP contribution >= 0.6 is 0 Å². The number of aromatic nitrogens is 3. The standard InChI is InChI=1S/C16H17FN4/c1-2-6-21-9-12(7-11-4-3-5-13(17)8-11)14-15(18)19-10-20-16(14)21/h3-5,8-10H,2,6-7H2,1H3,(H2,18,19,20). The van der Waals surface area contributed by atoms with Crippen molar-refractivity contribution in [2.24, 2.45) is 0 Å². The van der Waals surface area contributed by atoms with Gasteiger partial charge < -0.3 is 10.3 Å². The minimum Gasteiger partial charge on any atom is -0.383 e. The van der Waals surface area contributed by atoms with Gasteiger partial charge in [0, 0.05) is 12.7 Å². The first-order valence-corrected chi connectivity index (χ1v) is 7.01. The molecule has 4 nitrogen and oxygen atoms in total. The molecule has 0 aliphatic rings. The average molecular weight is 284 g/mol. The third-order valence-corrected chi connectivity index (χ3v) is 3.51. The molecule has 0 aliphatic heterocycles. The first-order chi connectivity index (χ1) is 10.2. The molecule has 0 saturated carbocycles. The van der Waals surface area contributed by atoms with Gasteiger partial charge in [-0.1, -0.05) is 19.1 Å². The zero-order valence-electron chi connectivity index (χ0n) is 11.9. The Morgan fingerprint density at radius 2 is 2.14 bits per heavy atom. The first-order valence-electron chi connectivity index (χ1n) is 7.01. The number of nitrogens with zero attached hydrogens (tertiary/aromatic N) is 3. The monoisotopic (exact) mass is 284 g/mol. The van der Waals surface area contributed by atoms with Crippen LogP contribution in [0.3, 0.4) is 0 Å². The fourth-order valence-corrected chi connectivity index (χ4v) is 2.64. The summed E-state index contributed by atoms with van der Waals surface area (Å²) in [6.45, 7) is 2.98. The summed E-state index contributed by atoms with van der Waals surface area (Å²) >= 11 is 0. The summed E-state index contributed by atoms with van der Waals surface area (Å²) in [5.41, 5.74) is 8.80. The molecule has 0 amide bonds. The van der Waals surface area contributed by atoms with E-state index in [1.54, 1.807) is 12.1 Å². The molecule has 0 atom stereocenters. The SMILES string of the molecule is CCCn1cc(Cc2cccc(F)c2)c2c(N)ncnc21. The Labute approximate surface area is 122 Å². The maximum atomic E-state index is 13.3. The average Bonchev–Trinajstić information content (AvgIpc) is 2.79. The summed E-state index contributed by atoms with van der Waals surface area (Å²) in [5, 5.41) is 0.871. The van der Waals surface area contributed by atoms with Crippen LogP contribution in [-0.2, 0) is 13.0 Å². The lowest BCUT2D eigenvalue weighted by molar-refractivity contribution is 0.626. The van der Waals surface area contributed by atoms with Crippen molar-refractivity contribution in [3.63, 3.8) is 0 Å². The fourth-order valence-electron chi connectivity index (χ4n) is 2.64. The normalized spacial score (nSPS) is 11.1. The molecule has 0 fully saturated rings. The molecule has 2 N–H and O–H groups in total. The minimum atomic E-state index is -0.228. The van der Waals surface area contributed by atoms with E-state index in [9.17, 15) is 4.39 Å². The van der Waals surface area contributed by atoms with Crippen LogP contribution in [0.25, 0.3) is 11.0 Å². The molecule has 3 aromatic rings. The highest BCUT2D eigenvalue weighted by molar-refractivity contribution is 5.90. The van der Waals surface area contributed by atoms with Gasteiger partial charge in [-0.3, -0.25) is 0 Å². The molecule has 0 saturated heterocycles. The van der Waals surface area contributed by atoms with Crippen LogP contribution < -0.4 is 5.73 Å². The number of anilines is 1. The largest absolute Gasteiger partial charge is 0.383 e. The molecule has 108 valence electrons. The molecular formula is C16H17FN4. The zero-order chi connectivity index (χ0) is 14.8. The van der Waals surface area contributed by atoms with Crippen LogP contribution in [0.4, 0.5) is 10.2 Å². The molecule has 2 aromatic heterocycles. The fraction of sp³-hybridized carbons (Fsp3) is 0.250. The third kappa shape index (κ3) is 2.59. The van der Waals surface area contributed by atoms with E-state index in [1.807, 2.05) is 12.3 Å². The Bertz CT molecular complexity index is 779. The second-order valence-corrected chi connectivity index (χ2v) is 5.11. The van der Waals surface area contributed by atoms with Gasteiger partial charge in [0.05, 0.1) is 5.39 Å². The molecule has 1 aromatic carbocycles. The Morgan fingerprint density at radius 3 is 2.90 bits per heavy atom. The van der Waals surface area contributed by atoms with Gasteiger partial charge in [0.15, 0.2) is 0 Å². The quantitative estimate of drug-likeness (QED) is 0.800. The number of hydrogen-bond donors (Lipinski definition) is 1. The predicted octanol–water partition coefficient (Wildman–Crippen LogP) is 3.15. The van der Waals surface area contributed by atoms with E-state index in [0.29, 0.717) is 12.2 Å². The van der Waals surface area contributed by atoms with Gasteiger partial charge in [0.25, 0.3) is 0 Å². The van der Waals surface area contributed by atoms with Gasteiger partial charge in [0.1, 0.15) is 23.6 Å². The number of nitrogens with two attached hydrogens (primary N) is 1. The van der Waals surface area contributed by atoms with Crippen molar-refractivity contribution in [3.05, 3.63) is 53.7 Å². The topological polar surface area (TPSA) is 56.7 Å². The second-order valence-electron chi connectivity index (χ2n) is 5.11. The van der Waals surface area contributed by atoms with E-state index < -0.39 is 0 Å². The van der Waals surface area contributed by atoms with E-state index in [2.05, 4.69) is 21.5 Å². The summed E-state index contributed by atoms with van der Waals surface area (Å²) < 4.78 is 15.4. The summed E-state index contributed by atoms with van der Waals surface area (Å²) in [6, 6.07) is 6.62. The van der Waals surface area contributed by atoms with Crippen LogP contribution in [0.15, 0.2) is 36.8 Å². The number of aryl methyl sites for hydroxylation is 1. The third-order valence-electron chi connectivity index (χ3n) is 3.51. The molecule has 2 heterocycles. The Kier molecular flexibility index (Phi) is 3.56. The van der Waals surface area contributed by atoms with Crippen molar-refractivity contribution >= 4 is 16.9 Å². The van der Waals surface area contributed by atoms with Crippen LogP contribution in [-0.4, -0.2) is 14.5 Å². The van der Waals surface area contributed by atoms with Crippen molar-refractivity contribution in [2.75, 3.05) is 5.73 Å². The number of benzene rings is 1. The molecule has 0 bridgehead atoms. The van der Waals surface area contributed by atoms with E-state index >= 15 is 0 Å². The molecule has 0 radical (unpaired) electrons. The van der Waals surface area contributed by atoms with Crippen molar-refractivity contribution in [1.82, 2.24) is 14.5 Å². The molecule has 0 spiro atoms. The number of nitrogen functional groups attached to an aromatic ring is 1. The van der Waals surface area contributed by atoms with Crippen molar-refractivity contribution in [2.45, 2.75) is 26.3 Å². The van der Waals surface area contributed by atoms with Gasteiger partial charge in [-0.2, -0.15) is 0 Å². The number of fused-ring (bicyclic) bond motifs is 1. The van der Waals surface area contributed by atoms with Crippen molar-refractivity contribution in [1.29, 1.82) is 0 Å². The lowest BCUT2D eigenvalue weighted by Crippen LogP contribution is -1.98. The Morgan fingerprint density at radius 1 is 1.29 bits per heavy atom. The molecule has 5 heteroatoms. The number of rotatable bonds is 4. The van der Waals surface area contributed by atoms with Gasteiger partial charge in [-0.15, -0.1) is 0 Å². The van der Waals surface area contributed by atoms with E-state index in [-0.39, 0.29) is 5.82 Å². The molecule has 3 rings (SSSR count). The molecule has 0 aliphatic carbocycles. The maximum absolute atomic E-state index is 13.3. The zero-order valence-corrected chi connectivity index (χ0v) is 11.9. The Hall–Kier alpha value is -2.43. The van der Waals surface area contributed by atoms with Gasteiger partial charge in [-0.25, -0.2) is 14.4 Å². The summed E-state index contributed by atoms with van der Waals surface area (Å²) in [4.78, 5) is 8.42. The van der Waals surface area contributed by atoms with Gasteiger partial charge >= 0.3 is 0 Å². The second kappa shape index (κ2) is 5.52. The number of hydrogen-bond acceptors (Lipinski definition) is 3. The van der Waals surface area contributed by atoms with Crippen molar-refractivity contribution in [3.8, 4) is 0 Å². The van der Waals surface area contributed by atoms with Crippen LogP contribution in [0.5, 0.6) is 0 Å². The lowest BCUT2D eigenvalue weighted by Gasteiger charge is -2.02. The summed E-state index contributed by atoms with van der Waals surface area (Å²) in [6.07, 6.45) is 5.15. The van der Waals surface area contributed by atoms with E-state index in [0.717, 1.165) is 35.1 Å². The first kappa shape index (κ1) is 13.5. The van der Waals surface area contributed by atoms with Gasteiger partial charge in [0.2, 0.25) is 0 Å². The van der Waals surface area contributed by atoms with E-state index in [1.165, 1.54) is 12.4 Å². The highest BCUT2D eigenvalue weighted by atomic mass is 19.1. The highest BCUT2D eigenvalue weighted by Gasteiger charge is 2.13. The maximum Gasteiger partial charge on any atom is 0.145 e. The molecular weight excluding hydrogens is 267 g/mol. The van der Waals surface area contributed by atoms with Crippen LogP contribution in [0.2, 0.25) is 0 Å². The highest BCUT2D eigenvalue weighted by Crippen LogP contribution is 2.26. The van der Waals surface area contributed by atoms with Crippen LogP contribution in [0, 0.1) is 5.82 Å². The molecule has 21 heavy (non-hydrogen) atoms. The van der Waals surface area contributed by atoms with E-state index in [4.69, 9.17) is 5.73 Å². The van der Waals surface area contributed by atoms with Gasteiger partial charge in [-0.05, 0) is 36.1 Å². The smallest absolute Gasteiger partial charge is 0.145 e. The van der Waals surface area contributed by atoms with Crippen LogP contribution in [0.1, 0.15) is 24.5 Å². The Balaban J connectivity index is 2.09. The lowest BCUT2D eigenvalue weighted by atomic mass is 10.1. The minimum absolute atomic E-state index is 0.228. The molecule has 0 unspecified atom stereocenters. The predicted molar refractivity (Wildman–Crippen MR) is 81.4 cm³/mol. The number of halogens is 1. The van der Waals surface area contributed by atoms with Crippen molar-refractivity contribution < 1.29 is 4.39 Å².